The van der Waals surface area contributed by atoms with Crippen molar-refractivity contribution >= 4 is 11.8 Å². The van der Waals surface area contributed by atoms with Crippen molar-refractivity contribution in [3.8, 4) is 0 Å². The molecular formula is C11H25NS. The minimum atomic E-state index is 0.280. The minimum Gasteiger partial charge on any atom is -0.312 e. The second-order valence-electron chi connectivity index (χ2n) is 5.00. The molecule has 0 aromatic carbocycles. The number of nitrogens with one attached hydrogen (secondary N) is 1. The summed E-state index contributed by atoms with van der Waals surface area (Å²) >= 11 is 2.07. The van der Waals surface area contributed by atoms with Crippen molar-refractivity contribution in [2.45, 2.75) is 46.6 Å². The van der Waals surface area contributed by atoms with E-state index in [1.54, 1.807) is 0 Å². The van der Waals surface area contributed by atoms with Gasteiger partial charge in [0, 0.05) is 5.54 Å². The summed E-state index contributed by atoms with van der Waals surface area (Å²) in [7, 11) is 0. The summed E-state index contributed by atoms with van der Waals surface area (Å²) in [5.41, 5.74) is 0.280. The van der Waals surface area contributed by atoms with Crippen molar-refractivity contribution in [1.29, 1.82) is 0 Å². The van der Waals surface area contributed by atoms with Gasteiger partial charge in [0.25, 0.3) is 0 Å². The van der Waals surface area contributed by atoms with Crippen molar-refractivity contribution in [3.63, 3.8) is 0 Å². The largest absolute Gasteiger partial charge is 0.312 e. The Bertz CT molecular complexity index is 116. The molecule has 0 aliphatic heterocycles. The molecule has 1 nitrogen and oxygen atoms in total. The van der Waals surface area contributed by atoms with E-state index in [0.717, 1.165) is 12.5 Å². The number of hydrogen-bond acceptors (Lipinski definition) is 2. The number of thioether (sulfide) groups is 1. The van der Waals surface area contributed by atoms with E-state index in [9.17, 15) is 0 Å². The third-order valence-electron chi connectivity index (χ3n) is 1.57. The second kappa shape index (κ2) is 6.72. The Kier molecular flexibility index (Phi) is 6.88. The second-order valence-corrected chi connectivity index (χ2v) is 6.15. The van der Waals surface area contributed by atoms with Gasteiger partial charge in [-0.3, -0.25) is 0 Å². The van der Waals surface area contributed by atoms with E-state index in [0.29, 0.717) is 0 Å². The zero-order valence-electron chi connectivity index (χ0n) is 9.81. The van der Waals surface area contributed by atoms with E-state index in [1.165, 1.54) is 17.9 Å². The maximum absolute atomic E-state index is 3.50. The molecule has 0 atom stereocenters. The van der Waals surface area contributed by atoms with Gasteiger partial charge in [-0.05, 0) is 51.2 Å². The van der Waals surface area contributed by atoms with Crippen LogP contribution in [0.5, 0.6) is 0 Å². The first kappa shape index (κ1) is 13.3. The van der Waals surface area contributed by atoms with Crippen molar-refractivity contribution in [2.24, 2.45) is 5.92 Å². The van der Waals surface area contributed by atoms with Gasteiger partial charge in [-0.25, -0.2) is 0 Å². The average molecular weight is 203 g/mol. The van der Waals surface area contributed by atoms with Gasteiger partial charge in [-0.1, -0.05) is 13.8 Å². The quantitative estimate of drug-likeness (QED) is 0.666. The Morgan fingerprint density at radius 2 is 1.85 bits per heavy atom. The van der Waals surface area contributed by atoms with E-state index in [1.807, 2.05) is 0 Å². The molecule has 0 saturated heterocycles. The highest BCUT2D eigenvalue weighted by Gasteiger charge is 2.06. The highest BCUT2D eigenvalue weighted by Crippen LogP contribution is 2.08. The summed E-state index contributed by atoms with van der Waals surface area (Å²) in [6.07, 6.45) is 1.29. The van der Waals surface area contributed by atoms with E-state index < -0.39 is 0 Å². The molecule has 0 bridgehead atoms. The predicted octanol–water partition coefficient (Wildman–Crippen LogP) is 3.15. The fourth-order valence-corrected chi connectivity index (χ4v) is 1.94. The SMILES string of the molecule is CC(C)CSCCCNC(C)(C)C. The predicted molar refractivity (Wildman–Crippen MR) is 64.5 cm³/mol. The number of rotatable bonds is 6. The Balaban J connectivity index is 3.09. The van der Waals surface area contributed by atoms with E-state index in [2.05, 4.69) is 51.7 Å². The van der Waals surface area contributed by atoms with E-state index >= 15 is 0 Å². The molecule has 1 N–H and O–H groups in total. The molecule has 13 heavy (non-hydrogen) atoms. The summed E-state index contributed by atoms with van der Waals surface area (Å²) in [5.74, 6) is 3.43. The molecule has 0 saturated carbocycles. The van der Waals surface area contributed by atoms with E-state index in [-0.39, 0.29) is 5.54 Å². The molecule has 0 amide bonds. The maximum Gasteiger partial charge on any atom is 0.00965 e. The first-order valence-electron chi connectivity index (χ1n) is 5.24. The smallest absolute Gasteiger partial charge is 0.00965 e. The van der Waals surface area contributed by atoms with Crippen LogP contribution in [0.3, 0.4) is 0 Å². The van der Waals surface area contributed by atoms with Crippen LogP contribution in [0.2, 0.25) is 0 Å². The third kappa shape index (κ3) is 12.3. The van der Waals surface area contributed by atoms with Crippen LogP contribution in [0, 0.1) is 5.92 Å². The van der Waals surface area contributed by atoms with Crippen LogP contribution in [0.15, 0.2) is 0 Å². The van der Waals surface area contributed by atoms with Crippen molar-refractivity contribution in [3.05, 3.63) is 0 Å². The van der Waals surface area contributed by atoms with Crippen LogP contribution in [0.1, 0.15) is 41.0 Å². The monoisotopic (exact) mass is 203 g/mol. The Labute approximate surface area is 88.1 Å². The lowest BCUT2D eigenvalue weighted by atomic mass is 10.1. The van der Waals surface area contributed by atoms with Gasteiger partial charge in [0.1, 0.15) is 0 Å². The highest BCUT2D eigenvalue weighted by molar-refractivity contribution is 7.99. The summed E-state index contributed by atoms with van der Waals surface area (Å²) in [6.45, 7) is 12.4. The third-order valence-corrected chi connectivity index (χ3v) is 3.05. The van der Waals surface area contributed by atoms with Crippen molar-refractivity contribution < 1.29 is 0 Å². The molecule has 0 spiro atoms. The van der Waals surface area contributed by atoms with Gasteiger partial charge in [0.2, 0.25) is 0 Å². The first-order chi connectivity index (χ1) is 5.92. The molecule has 0 aliphatic rings. The summed E-state index contributed by atoms with van der Waals surface area (Å²) < 4.78 is 0. The van der Waals surface area contributed by atoms with Crippen LogP contribution in [0.25, 0.3) is 0 Å². The van der Waals surface area contributed by atoms with Gasteiger partial charge < -0.3 is 5.32 Å². The standard InChI is InChI=1S/C11H25NS/c1-10(2)9-13-8-6-7-12-11(3,4)5/h10,12H,6-9H2,1-5H3. The Morgan fingerprint density at radius 1 is 1.23 bits per heavy atom. The molecule has 0 radical (unpaired) electrons. The number of hydrogen-bond donors (Lipinski definition) is 1. The lowest BCUT2D eigenvalue weighted by Gasteiger charge is -2.20. The minimum absolute atomic E-state index is 0.280. The van der Waals surface area contributed by atoms with Crippen molar-refractivity contribution in [1.82, 2.24) is 5.32 Å². The normalized spacial score (nSPS) is 12.5. The average Bonchev–Trinajstić information content (AvgIpc) is 1.93. The molecule has 0 aromatic heterocycles. The zero-order valence-corrected chi connectivity index (χ0v) is 10.6. The summed E-state index contributed by atoms with van der Waals surface area (Å²) in [4.78, 5) is 0. The van der Waals surface area contributed by atoms with Gasteiger partial charge >= 0.3 is 0 Å². The van der Waals surface area contributed by atoms with Gasteiger partial charge in [0.05, 0.1) is 0 Å². The molecule has 2 heteroatoms. The highest BCUT2D eigenvalue weighted by atomic mass is 32.2. The zero-order chi connectivity index (χ0) is 10.3. The molecule has 0 fully saturated rings. The van der Waals surface area contributed by atoms with Crippen LogP contribution < -0.4 is 5.32 Å². The topological polar surface area (TPSA) is 12.0 Å². The maximum atomic E-state index is 3.50. The van der Waals surface area contributed by atoms with Crippen molar-refractivity contribution in [2.75, 3.05) is 18.1 Å². The van der Waals surface area contributed by atoms with Crippen LogP contribution in [0.4, 0.5) is 0 Å². The van der Waals surface area contributed by atoms with Gasteiger partial charge in [0.15, 0.2) is 0 Å². The van der Waals surface area contributed by atoms with Crippen LogP contribution in [-0.2, 0) is 0 Å². The van der Waals surface area contributed by atoms with Gasteiger partial charge in [-0.2, -0.15) is 11.8 Å². The molecule has 0 unspecified atom stereocenters. The molecule has 80 valence electrons. The molecule has 0 aromatic rings. The van der Waals surface area contributed by atoms with Crippen LogP contribution in [-0.4, -0.2) is 23.6 Å². The fourth-order valence-electron chi connectivity index (χ4n) is 0.957. The molecule has 0 rings (SSSR count). The Hall–Kier alpha value is 0.310. The summed E-state index contributed by atoms with van der Waals surface area (Å²) in [5, 5.41) is 3.50. The molecule has 0 heterocycles. The molecule has 0 aliphatic carbocycles. The van der Waals surface area contributed by atoms with E-state index in [4.69, 9.17) is 0 Å². The fraction of sp³-hybridized carbons (Fsp3) is 1.00. The van der Waals surface area contributed by atoms with Crippen LogP contribution >= 0.6 is 11.8 Å². The Morgan fingerprint density at radius 3 is 2.31 bits per heavy atom. The lowest BCUT2D eigenvalue weighted by Crippen LogP contribution is -2.36. The lowest BCUT2D eigenvalue weighted by molar-refractivity contribution is 0.427. The van der Waals surface area contributed by atoms with Gasteiger partial charge in [-0.15, -0.1) is 0 Å². The molecular weight excluding hydrogens is 178 g/mol. The first-order valence-corrected chi connectivity index (χ1v) is 6.40. The summed E-state index contributed by atoms with van der Waals surface area (Å²) in [6, 6.07) is 0.